The molecule has 1 atom stereocenters. The number of aromatic amines is 1. The van der Waals surface area contributed by atoms with Gasteiger partial charge in [-0.1, -0.05) is 65.7 Å². The van der Waals surface area contributed by atoms with Gasteiger partial charge in [-0.15, -0.1) is 0 Å². The maximum atomic E-state index is 13.1. The van der Waals surface area contributed by atoms with Crippen LogP contribution in [0.3, 0.4) is 0 Å². The van der Waals surface area contributed by atoms with E-state index in [0.29, 0.717) is 27.1 Å². The SMILES string of the molecule is CCOC(=O)C1=C(c2ccccc2)Nc2n[nH]cc2C1c1cccc(Cl)c1Cl. The molecule has 142 valence electrons. The fourth-order valence-corrected chi connectivity index (χ4v) is 3.85. The molecule has 1 aliphatic rings. The fraction of sp³-hybridized carbons (Fsp3) is 0.143. The standard InChI is InChI=1S/C21H17Cl2N3O2/c1-2-28-21(27)17-16(13-9-6-10-15(22)18(13)23)14-11-24-26-20(14)25-19(17)12-7-4-3-5-8-12/h3-11,16H,2H2,1H3,(H2,24,25,26). The maximum absolute atomic E-state index is 13.1. The molecule has 0 radical (unpaired) electrons. The smallest absolute Gasteiger partial charge is 0.337 e. The van der Waals surface area contributed by atoms with E-state index in [1.807, 2.05) is 42.5 Å². The van der Waals surface area contributed by atoms with Crippen molar-refractivity contribution < 1.29 is 9.53 Å². The van der Waals surface area contributed by atoms with E-state index in [-0.39, 0.29) is 6.61 Å². The predicted molar refractivity (Wildman–Crippen MR) is 111 cm³/mol. The summed E-state index contributed by atoms with van der Waals surface area (Å²) in [6.07, 6.45) is 1.76. The Morgan fingerprint density at radius 3 is 2.64 bits per heavy atom. The van der Waals surface area contributed by atoms with Gasteiger partial charge in [0.15, 0.2) is 5.82 Å². The highest BCUT2D eigenvalue weighted by Crippen LogP contribution is 2.46. The van der Waals surface area contributed by atoms with Crippen molar-refractivity contribution in [2.24, 2.45) is 0 Å². The Labute approximate surface area is 172 Å². The van der Waals surface area contributed by atoms with E-state index >= 15 is 0 Å². The number of hydrogen-bond donors (Lipinski definition) is 2. The second-order valence-electron chi connectivity index (χ2n) is 6.27. The van der Waals surface area contributed by atoms with Crippen molar-refractivity contribution >= 4 is 40.7 Å². The molecule has 2 N–H and O–H groups in total. The van der Waals surface area contributed by atoms with Crippen molar-refractivity contribution in [3.63, 3.8) is 0 Å². The molecule has 1 unspecified atom stereocenters. The van der Waals surface area contributed by atoms with Crippen LogP contribution in [0, 0.1) is 0 Å². The number of ether oxygens (including phenoxy) is 1. The molecule has 0 fully saturated rings. The molecule has 3 aromatic rings. The van der Waals surface area contributed by atoms with E-state index < -0.39 is 11.9 Å². The van der Waals surface area contributed by atoms with Gasteiger partial charge < -0.3 is 10.1 Å². The van der Waals surface area contributed by atoms with E-state index in [0.717, 1.165) is 16.7 Å². The quantitative estimate of drug-likeness (QED) is 0.573. The zero-order valence-corrected chi connectivity index (χ0v) is 16.5. The first-order valence-corrected chi connectivity index (χ1v) is 9.58. The van der Waals surface area contributed by atoms with E-state index in [1.165, 1.54) is 0 Å². The lowest BCUT2D eigenvalue weighted by atomic mass is 9.81. The highest BCUT2D eigenvalue weighted by Gasteiger charge is 2.37. The Morgan fingerprint density at radius 2 is 1.89 bits per heavy atom. The summed E-state index contributed by atoms with van der Waals surface area (Å²) in [4.78, 5) is 13.1. The summed E-state index contributed by atoms with van der Waals surface area (Å²) in [5, 5.41) is 11.3. The lowest BCUT2D eigenvalue weighted by Gasteiger charge is -2.29. The van der Waals surface area contributed by atoms with Crippen LogP contribution in [0.5, 0.6) is 0 Å². The number of halogens is 2. The molecule has 1 aromatic heterocycles. The maximum Gasteiger partial charge on any atom is 0.337 e. The molecule has 0 aliphatic carbocycles. The van der Waals surface area contributed by atoms with Gasteiger partial charge in [-0.3, -0.25) is 5.10 Å². The number of rotatable bonds is 4. The molecule has 0 bridgehead atoms. The third-order valence-corrected chi connectivity index (χ3v) is 5.47. The summed E-state index contributed by atoms with van der Waals surface area (Å²) < 4.78 is 5.40. The second-order valence-corrected chi connectivity index (χ2v) is 7.05. The van der Waals surface area contributed by atoms with E-state index in [4.69, 9.17) is 27.9 Å². The molecular formula is C21H17Cl2N3O2. The predicted octanol–water partition coefficient (Wildman–Crippen LogP) is 5.25. The summed E-state index contributed by atoms with van der Waals surface area (Å²) in [6, 6.07) is 15.0. The molecule has 1 aliphatic heterocycles. The van der Waals surface area contributed by atoms with Crippen molar-refractivity contribution in [2.45, 2.75) is 12.8 Å². The molecule has 5 nitrogen and oxygen atoms in total. The third kappa shape index (κ3) is 3.17. The number of esters is 1. The van der Waals surface area contributed by atoms with Gasteiger partial charge in [0.2, 0.25) is 0 Å². The number of carbonyl (C=O) groups is 1. The number of carbonyl (C=O) groups excluding carboxylic acids is 1. The van der Waals surface area contributed by atoms with E-state index in [1.54, 1.807) is 19.2 Å². The average Bonchev–Trinajstić information content (AvgIpc) is 3.18. The molecule has 0 saturated heterocycles. The van der Waals surface area contributed by atoms with Crippen LogP contribution in [0.2, 0.25) is 10.0 Å². The largest absolute Gasteiger partial charge is 0.463 e. The Hall–Kier alpha value is -2.76. The first-order chi connectivity index (χ1) is 13.6. The van der Waals surface area contributed by atoms with Crippen LogP contribution >= 0.6 is 23.2 Å². The van der Waals surface area contributed by atoms with Crippen LogP contribution in [0.15, 0.2) is 60.3 Å². The monoisotopic (exact) mass is 413 g/mol. The minimum absolute atomic E-state index is 0.263. The molecular weight excluding hydrogens is 397 g/mol. The summed E-state index contributed by atoms with van der Waals surface area (Å²) in [6.45, 7) is 2.04. The Bertz CT molecular complexity index is 1060. The number of benzene rings is 2. The summed E-state index contributed by atoms with van der Waals surface area (Å²) in [5.74, 6) is -0.259. The average molecular weight is 414 g/mol. The van der Waals surface area contributed by atoms with Crippen LogP contribution in [0.4, 0.5) is 5.82 Å². The highest BCUT2D eigenvalue weighted by atomic mass is 35.5. The normalized spacial score (nSPS) is 15.8. The number of aromatic nitrogens is 2. The van der Waals surface area contributed by atoms with Crippen molar-refractivity contribution in [3.05, 3.63) is 87.0 Å². The zero-order valence-electron chi connectivity index (χ0n) is 15.0. The lowest BCUT2D eigenvalue weighted by Crippen LogP contribution is -2.24. The van der Waals surface area contributed by atoms with Gasteiger partial charge in [0.25, 0.3) is 0 Å². The Balaban J connectivity index is 2.01. The number of H-pyrrole nitrogens is 1. The van der Waals surface area contributed by atoms with Crippen molar-refractivity contribution in [1.82, 2.24) is 10.2 Å². The first-order valence-electron chi connectivity index (χ1n) is 8.83. The van der Waals surface area contributed by atoms with E-state index in [9.17, 15) is 4.79 Å². The van der Waals surface area contributed by atoms with Gasteiger partial charge in [0.05, 0.1) is 33.8 Å². The van der Waals surface area contributed by atoms with Crippen LogP contribution in [0.1, 0.15) is 29.5 Å². The van der Waals surface area contributed by atoms with Gasteiger partial charge in [0.1, 0.15) is 0 Å². The lowest BCUT2D eigenvalue weighted by molar-refractivity contribution is -0.138. The Morgan fingerprint density at radius 1 is 1.11 bits per heavy atom. The molecule has 2 heterocycles. The Kier molecular flexibility index (Phi) is 5.11. The zero-order chi connectivity index (χ0) is 19.7. The molecule has 2 aromatic carbocycles. The van der Waals surface area contributed by atoms with Gasteiger partial charge in [-0.25, -0.2) is 4.79 Å². The first kappa shape index (κ1) is 18.6. The van der Waals surface area contributed by atoms with Gasteiger partial charge in [-0.05, 0) is 24.1 Å². The van der Waals surface area contributed by atoms with Crippen LogP contribution in [-0.4, -0.2) is 22.8 Å². The topological polar surface area (TPSA) is 67.0 Å². The van der Waals surface area contributed by atoms with Crippen molar-refractivity contribution in [2.75, 3.05) is 11.9 Å². The molecule has 4 rings (SSSR count). The second kappa shape index (κ2) is 7.70. The number of nitrogens with zero attached hydrogens (tertiary/aromatic N) is 1. The van der Waals surface area contributed by atoms with Crippen LogP contribution in [0.25, 0.3) is 5.70 Å². The molecule has 28 heavy (non-hydrogen) atoms. The minimum atomic E-state index is -0.476. The van der Waals surface area contributed by atoms with Gasteiger partial charge in [0, 0.05) is 11.8 Å². The summed E-state index contributed by atoms with van der Waals surface area (Å²) in [5.41, 5.74) is 3.47. The third-order valence-electron chi connectivity index (χ3n) is 4.63. The van der Waals surface area contributed by atoms with Crippen LogP contribution in [-0.2, 0) is 9.53 Å². The summed E-state index contributed by atoms with van der Waals surface area (Å²) in [7, 11) is 0. The van der Waals surface area contributed by atoms with Gasteiger partial charge >= 0.3 is 5.97 Å². The molecule has 0 saturated carbocycles. The highest BCUT2D eigenvalue weighted by molar-refractivity contribution is 6.42. The van der Waals surface area contributed by atoms with Crippen LogP contribution < -0.4 is 5.32 Å². The van der Waals surface area contributed by atoms with Crippen molar-refractivity contribution in [1.29, 1.82) is 0 Å². The number of anilines is 1. The fourth-order valence-electron chi connectivity index (χ4n) is 3.43. The molecule has 0 amide bonds. The van der Waals surface area contributed by atoms with Gasteiger partial charge in [-0.2, -0.15) is 5.10 Å². The number of hydrogen-bond acceptors (Lipinski definition) is 4. The molecule has 0 spiro atoms. The number of fused-ring (bicyclic) bond motifs is 1. The van der Waals surface area contributed by atoms with E-state index in [2.05, 4.69) is 15.5 Å². The summed E-state index contributed by atoms with van der Waals surface area (Å²) >= 11 is 12.8. The van der Waals surface area contributed by atoms with Crippen molar-refractivity contribution in [3.8, 4) is 0 Å². The minimum Gasteiger partial charge on any atom is -0.463 e. The molecule has 7 heteroatoms. The number of nitrogens with one attached hydrogen (secondary N) is 2.